The van der Waals surface area contributed by atoms with Crippen LogP contribution in [-0.4, -0.2) is 11.2 Å². The first kappa shape index (κ1) is 10.6. The highest BCUT2D eigenvalue weighted by Gasteiger charge is 2.14. The van der Waals surface area contributed by atoms with E-state index in [1.807, 2.05) is 25.1 Å². The smallest absolute Gasteiger partial charge is 0.142 e. The molecule has 0 bridgehead atoms. The number of hydrogen-bond donors (Lipinski definition) is 1. The highest BCUT2D eigenvalue weighted by molar-refractivity contribution is 5.45. The van der Waals surface area contributed by atoms with Gasteiger partial charge in [0.2, 0.25) is 0 Å². The molecule has 1 atom stereocenters. The Hall–Kier alpha value is -1.53. The van der Waals surface area contributed by atoms with Crippen molar-refractivity contribution in [2.45, 2.75) is 25.8 Å². The Labute approximate surface area is 84.2 Å². The number of nitrogens with zero attached hydrogens (tertiary/aromatic N) is 2. The third-order valence-electron chi connectivity index (χ3n) is 2.03. The molecule has 3 heteroatoms. The van der Waals surface area contributed by atoms with Crippen molar-refractivity contribution in [3.05, 3.63) is 30.3 Å². The Bertz CT molecular complexity index is 305. The topological polar surface area (TPSA) is 47.3 Å². The number of hydrogen-bond acceptors (Lipinski definition) is 3. The monoisotopic (exact) mass is 190 g/mol. The second-order valence-corrected chi connectivity index (χ2v) is 3.11. The fourth-order valence-electron chi connectivity index (χ4n) is 1.28. The zero-order chi connectivity index (χ0) is 10.4. The molecule has 1 aromatic carbocycles. The molecular weight excluding hydrogens is 176 g/mol. The Morgan fingerprint density at radius 2 is 2.07 bits per heavy atom. The summed E-state index contributed by atoms with van der Waals surface area (Å²) in [6.07, 6.45) is 1.55. The van der Waals surface area contributed by atoms with Crippen molar-refractivity contribution in [2.75, 3.05) is 5.06 Å². The minimum atomic E-state index is -0.456. The molecular formula is C11H14N2O. The van der Waals surface area contributed by atoms with E-state index in [0.29, 0.717) is 12.1 Å². The molecule has 0 saturated heterocycles. The molecule has 1 unspecified atom stereocenters. The van der Waals surface area contributed by atoms with Crippen LogP contribution in [0.3, 0.4) is 0 Å². The van der Waals surface area contributed by atoms with Crippen LogP contribution in [0, 0.1) is 11.3 Å². The largest absolute Gasteiger partial charge is 0.287 e. The molecule has 0 heterocycles. The third-order valence-corrected chi connectivity index (χ3v) is 2.03. The highest BCUT2D eigenvalue weighted by atomic mass is 16.5. The van der Waals surface area contributed by atoms with Gasteiger partial charge in [0.1, 0.15) is 6.04 Å². The van der Waals surface area contributed by atoms with Crippen LogP contribution in [0.2, 0.25) is 0 Å². The summed E-state index contributed by atoms with van der Waals surface area (Å²) in [7, 11) is 0. The van der Waals surface area contributed by atoms with Crippen molar-refractivity contribution in [1.29, 1.82) is 5.26 Å². The molecule has 0 aromatic heterocycles. The number of nitriles is 1. The highest BCUT2D eigenvalue weighted by Crippen LogP contribution is 2.15. The maximum Gasteiger partial charge on any atom is 0.142 e. The van der Waals surface area contributed by atoms with Crippen LogP contribution in [-0.2, 0) is 0 Å². The van der Waals surface area contributed by atoms with Gasteiger partial charge < -0.3 is 0 Å². The number of hydroxylamine groups is 1. The van der Waals surface area contributed by atoms with Gasteiger partial charge in [0, 0.05) is 0 Å². The van der Waals surface area contributed by atoms with Crippen molar-refractivity contribution >= 4 is 5.69 Å². The average molecular weight is 190 g/mol. The second kappa shape index (κ2) is 5.25. The Morgan fingerprint density at radius 1 is 1.43 bits per heavy atom. The van der Waals surface area contributed by atoms with E-state index in [2.05, 4.69) is 6.07 Å². The van der Waals surface area contributed by atoms with Crippen LogP contribution in [0.15, 0.2) is 30.3 Å². The van der Waals surface area contributed by atoms with Crippen molar-refractivity contribution in [2.24, 2.45) is 0 Å². The molecule has 0 radical (unpaired) electrons. The van der Waals surface area contributed by atoms with Gasteiger partial charge >= 0.3 is 0 Å². The van der Waals surface area contributed by atoms with Crippen LogP contribution in [0.4, 0.5) is 5.69 Å². The predicted molar refractivity (Wildman–Crippen MR) is 55.0 cm³/mol. The molecule has 0 amide bonds. The number of para-hydroxylation sites is 1. The van der Waals surface area contributed by atoms with Gasteiger partial charge in [0.25, 0.3) is 0 Å². The van der Waals surface area contributed by atoms with E-state index in [0.717, 1.165) is 11.5 Å². The van der Waals surface area contributed by atoms with Gasteiger partial charge in [-0.3, -0.25) is 5.21 Å². The quantitative estimate of drug-likeness (QED) is 0.742. The summed E-state index contributed by atoms with van der Waals surface area (Å²) in [6.45, 7) is 1.99. The summed E-state index contributed by atoms with van der Waals surface area (Å²) in [6, 6.07) is 10.7. The van der Waals surface area contributed by atoms with E-state index in [9.17, 15) is 5.21 Å². The molecule has 1 rings (SSSR count). The molecule has 0 aliphatic heterocycles. The first-order valence-electron chi connectivity index (χ1n) is 4.72. The minimum absolute atomic E-state index is 0.456. The molecule has 0 aliphatic carbocycles. The molecule has 1 N–H and O–H groups in total. The lowest BCUT2D eigenvalue weighted by Crippen LogP contribution is -2.30. The van der Waals surface area contributed by atoms with Crippen LogP contribution >= 0.6 is 0 Å². The van der Waals surface area contributed by atoms with E-state index in [1.165, 1.54) is 0 Å². The summed E-state index contributed by atoms with van der Waals surface area (Å²) in [4.78, 5) is 0. The van der Waals surface area contributed by atoms with Crippen molar-refractivity contribution < 1.29 is 5.21 Å². The fourth-order valence-corrected chi connectivity index (χ4v) is 1.28. The first-order chi connectivity index (χ1) is 6.79. The van der Waals surface area contributed by atoms with Gasteiger partial charge in [-0.15, -0.1) is 0 Å². The summed E-state index contributed by atoms with van der Waals surface area (Å²) in [5.74, 6) is 0. The number of benzene rings is 1. The van der Waals surface area contributed by atoms with Crippen molar-refractivity contribution in [3.8, 4) is 6.07 Å². The molecule has 14 heavy (non-hydrogen) atoms. The summed E-state index contributed by atoms with van der Waals surface area (Å²) < 4.78 is 0. The van der Waals surface area contributed by atoms with Crippen LogP contribution in [0.5, 0.6) is 0 Å². The fraction of sp³-hybridized carbons (Fsp3) is 0.364. The molecule has 1 aromatic rings. The van der Waals surface area contributed by atoms with Gasteiger partial charge in [-0.25, -0.2) is 5.06 Å². The van der Waals surface area contributed by atoms with Gasteiger partial charge in [-0.1, -0.05) is 31.5 Å². The van der Waals surface area contributed by atoms with Crippen LogP contribution in [0.25, 0.3) is 0 Å². The Kier molecular flexibility index (Phi) is 3.96. The van der Waals surface area contributed by atoms with E-state index in [-0.39, 0.29) is 0 Å². The normalized spacial score (nSPS) is 11.8. The van der Waals surface area contributed by atoms with E-state index in [1.54, 1.807) is 12.1 Å². The number of rotatable bonds is 4. The van der Waals surface area contributed by atoms with E-state index in [4.69, 9.17) is 5.26 Å². The van der Waals surface area contributed by atoms with Crippen molar-refractivity contribution in [3.63, 3.8) is 0 Å². The molecule has 0 spiro atoms. The van der Waals surface area contributed by atoms with E-state index < -0.39 is 6.04 Å². The summed E-state index contributed by atoms with van der Waals surface area (Å²) in [5.41, 5.74) is 0.660. The SMILES string of the molecule is CCCC(C#N)N(O)c1ccccc1. The maximum absolute atomic E-state index is 9.72. The van der Waals surface area contributed by atoms with Gasteiger partial charge in [0.05, 0.1) is 11.8 Å². The third kappa shape index (κ3) is 2.48. The molecule has 3 nitrogen and oxygen atoms in total. The molecule has 0 fully saturated rings. The second-order valence-electron chi connectivity index (χ2n) is 3.11. The molecule has 74 valence electrons. The lowest BCUT2D eigenvalue weighted by Gasteiger charge is -2.21. The van der Waals surface area contributed by atoms with Gasteiger partial charge in [0.15, 0.2) is 0 Å². The first-order valence-corrected chi connectivity index (χ1v) is 4.72. The minimum Gasteiger partial charge on any atom is -0.287 e. The molecule has 0 aliphatic rings. The van der Waals surface area contributed by atoms with Gasteiger partial charge in [-0.2, -0.15) is 5.26 Å². The van der Waals surface area contributed by atoms with E-state index >= 15 is 0 Å². The maximum atomic E-state index is 9.72. The van der Waals surface area contributed by atoms with Crippen molar-refractivity contribution in [1.82, 2.24) is 0 Å². The lowest BCUT2D eigenvalue weighted by atomic mass is 10.1. The Morgan fingerprint density at radius 3 is 2.57 bits per heavy atom. The zero-order valence-corrected chi connectivity index (χ0v) is 8.22. The standard InChI is InChI=1S/C11H14N2O/c1-2-6-11(9-12)13(14)10-7-4-3-5-8-10/h3-5,7-8,11,14H,2,6H2,1H3. The van der Waals surface area contributed by atoms with Crippen LogP contribution in [0.1, 0.15) is 19.8 Å². The summed E-state index contributed by atoms with van der Waals surface area (Å²) in [5, 5.41) is 19.6. The van der Waals surface area contributed by atoms with Gasteiger partial charge in [-0.05, 0) is 18.6 Å². The van der Waals surface area contributed by atoms with Crippen LogP contribution < -0.4 is 5.06 Å². The Balaban J connectivity index is 2.74. The summed E-state index contributed by atoms with van der Waals surface area (Å²) >= 11 is 0. The zero-order valence-electron chi connectivity index (χ0n) is 8.22. The molecule has 0 saturated carbocycles. The predicted octanol–water partition coefficient (Wildman–Crippen LogP) is 2.57. The lowest BCUT2D eigenvalue weighted by molar-refractivity contribution is 0.230. The number of anilines is 1. The average Bonchev–Trinajstić information content (AvgIpc) is 2.26.